The largest absolute Gasteiger partial charge is 0.486 e. The molecule has 2 N–H and O–H groups in total. The van der Waals surface area contributed by atoms with Crippen LogP contribution in [0.5, 0.6) is 17.2 Å². The van der Waals surface area contributed by atoms with E-state index in [1.54, 1.807) is 43.3 Å². The fourth-order valence-electron chi connectivity index (χ4n) is 2.87. The molecule has 1 atom stereocenters. The fraction of sp³-hybridized carbons (Fsp3) is 0.200. The number of hydrogen-bond donors (Lipinski definition) is 2. The first-order valence-corrected chi connectivity index (χ1v) is 9.07. The number of hydrogen-bond acceptors (Lipinski definition) is 5. The average Bonchev–Trinajstić information content (AvgIpc) is 2.68. The van der Waals surface area contributed by atoms with Crippen LogP contribution in [0.1, 0.15) is 12.5 Å². The summed E-state index contributed by atoms with van der Waals surface area (Å²) in [7, 11) is 0. The van der Waals surface area contributed by atoms with E-state index in [1.165, 1.54) is 6.08 Å². The maximum atomic E-state index is 12.2. The molecule has 144 valence electrons. The van der Waals surface area contributed by atoms with Crippen LogP contribution in [0.4, 0.5) is 11.4 Å². The molecule has 0 aliphatic carbocycles. The molecule has 0 unspecified atom stereocenters. The summed E-state index contributed by atoms with van der Waals surface area (Å²) in [6.07, 6.45) is 2.47. The van der Waals surface area contributed by atoms with Crippen molar-refractivity contribution in [1.82, 2.24) is 0 Å². The number of anilines is 2. The van der Waals surface area contributed by atoms with Gasteiger partial charge in [0, 0.05) is 11.8 Å². The minimum absolute atomic E-state index is 0.230. The maximum Gasteiger partial charge on any atom is 0.265 e. The topological polar surface area (TPSA) is 85.9 Å². The third kappa shape index (κ3) is 3.75. The molecule has 2 heterocycles. The van der Waals surface area contributed by atoms with Crippen molar-refractivity contribution in [3.63, 3.8) is 0 Å². The third-order valence-electron chi connectivity index (χ3n) is 4.22. The quantitative estimate of drug-likeness (QED) is 0.770. The maximum absolute atomic E-state index is 12.2. The van der Waals surface area contributed by atoms with Crippen molar-refractivity contribution < 1.29 is 23.8 Å². The van der Waals surface area contributed by atoms with Crippen molar-refractivity contribution >= 4 is 40.9 Å². The van der Waals surface area contributed by atoms with Crippen LogP contribution in [0.15, 0.2) is 36.4 Å². The van der Waals surface area contributed by atoms with Crippen molar-refractivity contribution in [3.8, 4) is 17.2 Å². The number of halogens is 1. The van der Waals surface area contributed by atoms with E-state index in [-0.39, 0.29) is 11.8 Å². The molecule has 0 saturated carbocycles. The number of carbonyl (C=O) groups excluding carboxylic acids is 2. The van der Waals surface area contributed by atoms with Crippen molar-refractivity contribution in [3.05, 3.63) is 47.0 Å². The molecule has 0 radical (unpaired) electrons. The number of carbonyl (C=O) groups is 2. The predicted octanol–water partition coefficient (Wildman–Crippen LogP) is 3.48. The van der Waals surface area contributed by atoms with Crippen LogP contribution in [0.3, 0.4) is 0 Å². The lowest BCUT2D eigenvalue weighted by atomic mass is 10.1. The Balaban J connectivity index is 1.46. The molecule has 0 fully saturated rings. The summed E-state index contributed by atoms with van der Waals surface area (Å²) in [5, 5.41) is 5.91. The Bertz CT molecular complexity index is 989. The normalized spacial score (nSPS) is 17.5. The Hall–Kier alpha value is -3.19. The van der Waals surface area contributed by atoms with Gasteiger partial charge >= 0.3 is 0 Å². The molecule has 28 heavy (non-hydrogen) atoms. The van der Waals surface area contributed by atoms with Gasteiger partial charge in [-0.1, -0.05) is 11.6 Å². The van der Waals surface area contributed by atoms with Crippen LogP contribution in [0.25, 0.3) is 6.08 Å². The van der Waals surface area contributed by atoms with E-state index in [9.17, 15) is 9.59 Å². The van der Waals surface area contributed by atoms with Gasteiger partial charge in [0.2, 0.25) is 5.91 Å². The Morgan fingerprint density at radius 2 is 2.04 bits per heavy atom. The Morgan fingerprint density at radius 3 is 2.89 bits per heavy atom. The Labute approximate surface area is 166 Å². The van der Waals surface area contributed by atoms with Crippen LogP contribution < -0.4 is 24.8 Å². The van der Waals surface area contributed by atoms with Crippen LogP contribution >= 0.6 is 11.6 Å². The lowest BCUT2D eigenvalue weighted by Gasteiger charge is -2.23. The summed E-state index contributed by atoms with van der Waals surface area (Å²) in [6, 6.07) is 8.51. The number of rotatable bonds is 3. The van der Waals surface area contributed by atoms with E-state index in [2.05, 4.69) is 10.6 Å². The standard InChI is InChI=1S/C20H17ClN2O5/c1-11-20(25)23-15-10-13(3-4-16(15)28-11)22-18(24)5-2-12-8-14(21)19-17(9-12)26-6-7-27-19/h2-5,8-11H,6-7H2,1H3,(H,22,24)(H,23,25)/b5-2+/t11-/m0/s1. The molecular weight excluding hydrogens is 384 g/mol. The second-order valence-corrected chi connectivity index (χ2v) is 6.72. The molecule has 2 aromatic carbocycles. The summed E-state index contributed by atoms with van der Waals surface area (Å²) in [4.78, 5) is 24.0. The molecule has 7 nitrogen and oxygen atoms in total. The van der Waals surface area contributed by atoms with Crippen molar-refractivity contribution in [2.24, 2.45) is 0 Å². The molecular formula is C20H17ClN2O5. The molecule has 0 aromatic heterocycles. The zero-order chi connectivity index (χ0) is 19.7. The van der Waals surface area contributed by atoms with Gasteiger partial charge < -0.3 is 24.8 Å². The highest BCUT2D eigenvalue weighted by Crippen LogP contribution is 2.38. The highest BCUT2D eigenvalue weighted by atomic mass is 35.5. The first-order chi connectivity index (χ1) is 13.5. The number of benzene rings is 2. The SMILES string of the molecule is C[C@@H]1Oc2ccc(NC(=O)/C=C/c3cc(Cl)c4c(c3)OCCO4)cc2NC1=O. The van der Waals surface area contributed by atoms with Crippen LogP contribution in [-0.2, 0) is 9.59 Å². The summed E-state index contributed by atoms with van der Waals surface area (Å²) in [6.45, 7) is 2.58. The highest BCUT2D eigenvalue weighted by molar-refractivity contribution is 6.32. The molecule has 2 aromatic rings. The van der Waals surface area contributed by atoms with E-state index in [0.717, 1.165) is 0 Å². The monoisotopic (exact) mass is 400 g/mol. The molecule has 2 aliphatic rings. The molecule has 4 rings (SSSR count). The van der Waals surface area contributed by atoms with Gasteiger partial charge in [0.15, 0.2) is 17.6 Å². The zero-order valence-corrected chi connectivity index (χ0v) is 15.7. The van der Waals surface area contributed by atoms with E-state index in [4.69, 9.17) is 25.8 Å². The lowest BCUT2D eigenvalue weighted by molar-refractivity contribution is -0.122. The Kier molecular flexibility index (Phi) is 4.83. The number of ether oxygens (including phenoxy) is 3. The van der Waals surface area contributed by atoms with Crippen molar-refractivity contribution in [2.45, 2.75) is 13.0 Å². The lowest BCUT2D eigenvalue weighted by Crippen LogP contribution is -2.34. The minimum Gasteiger partial charge on any atom is -0.486 e. The molecule has 0 saturated heterocycles. The average molecular weight is 401 g/mol. The first-order valence-electron chi connectivity index (χ1n) is 8.69. The summed E-state index contributed by atoms with van der Waals surface area (Å²) >= 11 is 6.20. The van der Waals surface area contributed by atoms with E-state index >= 15 is 0 Å². The molecule has 2 aliphatic heterocycles. The molecule has 0 spiro atoms. The van der Waals surface area contributed by atoms with Crippen LogP contribution in [0, 0.1) is 0 Å². The van der Waals surface area contributed by atoms with Gasteiger partial charge in [0.1, 0.15) is 19.0 Å². The molecule has 0 bridgehead atoms. The van der Waals surface area contributed by atoms with E-state index < -0.39 is 6.10 Å². The van der Waals surface area contributed by atoms with Gasteiger partial charge in [0.05, 0.1) is 10.7 Å². The summed E-state index contributed by atoms with van der Waals surface area (Å²) < 4.78 is 16.5. The predicted molar refractivity (Wildman–Crippen MR) is 105 cm³/mol. The Morgan fingerprint density at radius 1 is 1.21 bits per heavy atom. The van der Waals surface area contributed by atoms with E-state index in [1.807, 2.05) is 0 Å². The summed E-state index contributed by atoms with van der Waals surface area (Å²) in [5.41, 5.74) is 1.76. The minimum atomic E-state index is -0.548. The van der Waals surface area contributed by atoms with Crippen molar-refractivity contribution in [1.29, 1.82) is 0 Å². The molecule has 8 heteroatoms. The van der Waals surface area contributed by atoms with E-state index in [0.29, 0.717) is 52.4 Å². The molecule has 2 amide bonds. The second kappa shape index (κ2) is 7.44. The number of amides is 2. The summed E-state index contributed by atoms with van der Waals surface area (Å²) in [5.74, 6) is 1.07. The number of fused-ring (bicyclic) bond motifs is 2. The van der Waals surface area contributed by atoms with Crippen molar-refractivity contribution in [2.75, 3.05) is 23.8 Å². The van der Waals surface area contributed by atoms with Gasteiger partial charge in [-0.2, -0.15) is 0 Å². The highest BCUT2D eigenvalue weighted by Gasteiger charge is 2.23. The zero-order valence-electron chi connectivity index (χ0n) is 15.0. The second-order valence-electron chi connectivity index (χ2n) is 6.31. The number of nitrogens with one attached hydrogen (secondary N) is 2. The van der Waals surface area contributed by atoms with Crippen LogP contribution in [-0.4, -0.2) is 31.1 Å². The smallest absolute Gasteiger partial charge is 0.265 e. The van der Waals surface area contributed by atoms with Gasteiger partial charge in [-0.15, -0.1) is 0 Å². The van der Waals surface area contributed by atoms with Gasteiger partial charge in [-0.05, 0) is 48.9 Å². The van der Waals surface area contributed by atoms with Gasteiger partial charge in [0.25, 0.3) is 5.91 Å². The van der Waals surface area contributed by atoms with Crippen LogP contribution in [0.2, 0.25) is 5.02 Å². The van der Waals surface area contributed by atoms with Gasteiger partial charge in [-0.3, -0.25) is 9.59 Å². The third-order valence-corrected chi connectivity index (χ3v) is 4.51. The fourth-order valence-corrected chi connectivity index (χ4v) is 3.14. The first kappa shape index (κ1) is 18.2. The van der Waals surface area contributed by atoms with Gasteiger partial charge in [-0.25, -0.2) is 0 Å².